The van der Waals surface area contributed by atoms with Crippen LogP contribution >= 0.6 is 0 Å². The number of hydrogen-bond acceptors (Lipinski definition) is 14. The Kier molecular flexibility index (Phi) is 12.3. The largest absolute Gasteiger partial charge is 0.507 e. The molecule has 6 aromatic heterocycles. The van der Waals surface area contributed by atoms with Crippen LogP contribution in [0.3, 0.4) is 0 Å². The van der Waals surface area contributed by atoms with Gasteiger partial charge in [0.1, 0.15) is 34.4 Å². The van der Waals surface area contributed by atoms with Gasteiger partial charge in [-0.25, -0.2) is 36.9 Å². The molecule has 8 aromatic rings. The lowest BCUT2D eigenvalue weighted by Crippen LogP contribution is -2.54. The van der Waals surface area contributed by atoms with Gasteiger partial charge in [-0.2, -0.15) is 24.6 Å². The Bertz CT molecular complexity index is 3620. The third-order valence-electron chi connectivity index (χ3n) is 14.3. The lowest BCUT2D eigenvalue weighted by Gasteiger charge is -2.41. The smallest absolute Gasteiger partial charge is 0.355 e. The topological polar surface area (TPSA) is 184 Å². The molecule has 0 spiro atoms. The van der Waals surface area contributed by atoms with E-state index in [9.17, 15) is 19.1 Å². The first kappa shape index (κ1) is 48.3. The number of carbonyl (C=O) groups is 1. The number of benzene rings is 2. The number of piperazine rings is 2. The monoisotopic (exact) mass is 1010 g/mol. The maximum Gasteiger partial charge on any atom is 0.355 e. The minimum atomic E-state index is -1.13. The lowest BCUT2D eigenvalue weighted by molar-refractivity contribution is -0.128. The van der Waals surface area contributed by atoms with Crippen molar-refractivity contribution in [2.24, 2.45) is 0 Å². The highest BCUT2D eigenvalue weighted by Crippen LogP contribution is 2.42. The van der Waals surface area contributed by atoms with E-state index in [1.165, 1.54) is 22.8 Å². The highest BCUT2D eigenvalue weighted by Gasteiger charge is 2.34. The summed E-state index contributed by atoms with van der Waals surface area (Å²) in [6.45, 7) is 15.0. The highest BCUT2D eigenvalue weighted by atomic mass is 19.2. The second-order valence-electron chi connectivity index (χ2n) is 19.7. The molecular weight excluding hydrogens is 959 g/mol. The number of amides is 1. The van der Waals surface area contributed by atoms with E-state index in [1.807, 2.05) is 27.0 Å². The number of phenols is 1. The third-order valence-corrected chi connectivity index (χ3v) is 14.3. The summed E-state index contributed by atoms with van der Waals surface area (Å²) in [6.07, 6.45) is 5.54. The molecule has 382 valence electrons. The molecule has 8 heterocycles. The van der Waals surface area contributed by atoms with Crippen LogP contribution in [0, 0.1) is 30.2 Å². The van der Waals surface area contributed by atoms with Gasteiger partial charge in [-0.1, -0.05) is 26.5 Å². The van der Waals surface area contributed by atoms with E-state index in [-0.39, 0.29) is 77.9 Å². The average molecular weight is 1010 g/mol. The summed E-state index contributed by atoms with van der Waals surface area (Å²) in [5.41, 5.74) is 1.72. The minimum absolute atomic E-state index is 0.0168. The van der Waals surface area contributed by atoms with Gasteiger partial charge in [0, 0.05) is 69.2 Å². The summed E-state index contributed by atoms with van der Waals surface area (Å²) in [4.78, 5) is 64.8. The summed E-state index contributed by atoms with van der Waals surface area (Å²) in [6, 6.07) is 8.36. The molecule has 74 heavy (non-hydrogen) atoms. The van der Waals surface area contributed by atoms with Crippen molar-refractivity contribution in [2.45, 2.75) is 71.5 Å². The Morgan fingerprint density at radius 2 is 1.70 bits per heavy atom. The average Bonchev–Trinajstić information content (AvgIpc) is 4.04. The number of aromatic nitrogens is 10. The predicted molar refractivity (Wildman–Crippen MR) is 271 cm³/mol. The Balaban J connectivity index is 0.887. The number of nitrogens with one attached hydrogen (secondary N) is 1. The Morgan fingerprint density at radius 1 is 0.919 bits per heavy atom. The molecule has 2 N–H and O–H groups in total. The fourth-order valence-electron chi connectivity index (χ4n) is 10.2. The van der Waals surface area contributed by atoms with Gasteiger partial charge in [-0.05, 0) is 87.5 Å². The lowest BCUT2D eigenvalue weighted by atomic mass is 10.0. The molecule has 2 aromatic carbocycles. The van der Waals surface area contributed by atoms with Crippen LogP contribution in [0.25, 0.3) is 44.7 Å². The van der Waals surface area contributed by atoms with Crippen LogP contribution in [-0.2, 0) is 17.9 Å². The fourth-order valence-corrected chi connectivity index (χ4v) is 10.2. The molecule has 3 fully saturated rings. The number of pyridine rings is 2. The number of halogens is 4. The second-order valence-corrected chi connectivity index (χ2v) is 19.7. The van der Waals surface area contributed by atoms with E-state index in [4.69, 9.17) is 9.97 Å². The first-order valence-corrected chi connectivity index (χ1v) is 24.6. The zero-order valence-electron chi connectivity index (χ0n) is 41.5. The van der Waals surface area contributed by atoms with Gasteiger partial charge in [-0.15, -0.1) is 0 Å². The van der Waals surface area contributed by atoms with Gasteiger partial charge in [0.05, 0.1) is 47.1 Å². The summed E-state index contributed by atoms with van der Waals surface area (Å²) < 4.78 is 66.5. The van der Waals surface area contributed by atoms with Crippen molar-refractivity contribution in [3.8, 4) is 22.7 Å². The van der Waals surface area contributed by atoms with E-state index in [0.29, 0.717) is 40.4 Å². The molecular formula is C52H53F4N15O3. The molecule has 11 rings (SSSR count). The summed E-state index contributed by atoms with van der Waals surface area (Å²) >= 11 is 0. The fraction of sp³-hybridized carbons (Fsp3) is 0.365. The van der Waals surface area contributed by atoms with Crippen LogP contribution in [0.2, 0.25) is 0 Å². The maximum atomic E-state index is 16.4. The zero-order chi connectivity index (χ0) is 51.9. The Hall–Kier alpha value is -8.01. The molecule has 0 unspecified atom stereocenters. The minimum Gasteiger partial charge on any atom is -0.507 e. The Labute approximate surface area is 421 Å². The number of aromatic hydroxyl groups is 1. The number of aryl methyl sites for hydroxylation is 1. The van der Waals surface area contributed by atoms with Crippen molar-refractivity contribution in [3.63, 3.8) is 0 Å². The number of hydrogen-bond donors (Lipinski definition) is 2. The van der Waals surface area contributed by atoms with E-state index >= 15 is 13.2 Å². The van der Waals surface area contributed by atoms with Crippen LogP contribution in [-0.4, -0.2) is 128 Å². The van der Waals surface area contributed by atoms with Gasteiger partial charge in [0.15, 0.2) is 28.7 Å². The first-order valence-electron chi connectivity index (χ1n) is 24.6. The SMILES string of the molecule is C=C(Cn1c(CNc2nc(N3CCN(C)CC3)nc3c(C4CC4)cnn23)nc2c(F)c(F)ccc21)C(=O)N1CCN(c2nc(=O)n(-c3c(C)ccnc3C(C)C)c3nc(-c4c(O)cccc4F)c(F)cc23)[C@@H](C)C1. The quantitative estimate of drug-likeness (QED) is 0.0956. The summed E-state index contributed by atoms with van der Waals surface area (Å²) in [5, 5.41) is 18.8. The highest BCUT2D eigenvalue weighted by molar-refractivity contribution is 5.94. The molecule has 2 saturated heterocycles. The summed E-state index contributed by atoms with van der Waals surface area (Å²) in [5.74, 6) is -3.53. The van der Waals surface area contributed by atoms with Gasteiger partial charge in [0.2, 0.25) is 11.9 Å². The van der Waals surface area contributed by atoms with Crippen LogP contribution in [0.4, 0.5) is 35.3 Å². The van der Waals surface area contributed by atoms with Crippen molar-refractivity contribution in [1.82, 2.24) is 58.5 Å². The number of anilines is 3. The van der Waals surface area contributed by atoms with Crippen molar-refractivity contribution in [1.29, 1.82) is 0 Å². The zero-order valence-corrected chi connectivity index (χ0v) is 41.5. The van der Waals surface area contributed by atoms with E-state index in [2.05, 4.69) is 53.8 Å². The van der Waals surface area contributed by atoms with Crippen molar-refractivity contribution >= 4 is 51.3 Å². The molecule has 1 saturated carbocycles. The first-order chi connectivity index (χ1) is 35.6. The number of carbonyl (C=O) groups excluding carboxylic acids is 1. The molecule has 3 aliphatic rings. The van der Waals surface area contributed by atoms with E-state index in [0.717, 1.165) is 62.8 Å². The van der Waals surface area contributed by atoms with Gasteiger partial charge in [0.25, 0.3) is 5.91 Å². The molecule has 1 aliphatic carbocycles. The van der Waals surface area contributed by atoms with E-state index in [1.54, 1.807) is 38.1 Å². The normalized spacial score (nSPS) is 16.6. The van der Waals surface area contributed by atoms with Crippen molar-refractivity contribution < 1.29 is 27.5 Å². The van der Waals surface area contributed by atoms with Crippen molar-refractivity contribution in [2.75, 3.05) is 68.0 Å². The molecule has 1 amide bonds. The van der Waals surface area contributed by atoms with Gasteiger partial charge in [-0.3, -0.25) is 9.78 Å². The molecule has 0 radical (unpaired) electrons. The standard InChI is InChI=1S/C52H53F4N15O3/c1-27(2)42-45(28(3)14-15-57-42)70-47-32(22-36(55)43(61-47)40-34(53)8-7-9-38(40)72)46(63-52(70)74)68-21-20-67(26-30(68)5)49(73)29(4)25-69-37-13-12-35(54)41(56)44(37)60-39(69)24-58-50-64-51(66-18-16-65(6)17-19-66)62-48-33(31-10-11-31)23-59-71(48)50/h7-9,12-15,22-23,27,30-31,72H,4,10-11,16-21,24-26H2,1-3,5-6H3,(H,58,62,64)/t30-/m0/s1. The molecule has 1 atom stereocenters. The molecule has 18 nitrogen and oxygen atoms in total. The van der Waals surface area contributed by atoms with Gasteiger partial charge >= 0.3 is 5.69 Å². The second kappa shape index (κ2) is 18.8. The molecule has 0 bridgehead atoms. The number of phenolic OH excluding ortho intramolecular Hbond substituents is 1. The maximum absolute atomic E-state index is 16.4. The number of nitrogens with zero attached hydrogens (tertiary/aromatic N) is 14. The number of rotatable bonds is 12. The van der Waals surface area contributed by atoms with Crippen LogP contribution in [0.5, 0.6) is 5.75 Å². The van der Waals surface area contributed by atoms with Crippen LogP contribution in [0.1, 0.15) is 68.1 Å². The van der Waals surface area contributed by atoms with E-state index < -0.39 is 57.9 Å². The van der Waals surface area contributed by atoms with Crippen LogP contribution in [0.15, 0.2) is 71.8 Å². The number of fused-ring (bicyclic) bond motifs is 3. The third kappa shape index (κ3) is 8.48. The van der Waals surface area contributed by atoms with Crippen LogP contribution < -0.4 is 20.8 Å². The number of imidazole rings is 1. The molecule has 22 heteroatoms. The number of likely N-dealkylation sites (N-methyl/N-ethyl adjacent to an activating group) is 1. The summed E-state index contributed by atoms with van der Waals surface area (Å²) in [7, 11) is 2.07. The van der Waals surface area contributed by atoms with Crippen molar-refractivity contribution in [3.05, 3.63) is 123 Å². The Morgan fingerprint density at radius 3 is 2.43 bits per heavy atom. The molecule has 2 aliphatic heterocycles. The predicted octanol–water partition coefficient (Wildman–Crippen LogP) is 6.86. The van der Waals surface area contributed by atoms with Gasteiger partial charge < -0.3 is 34.6 Å².